The molecule has 0 aliphatic rings. The summed E-state index contributed by atoms with van der Waals surface area (Å²) in [4.78, 5) is 4.20. The fourth-order valence-electron chi connectivity index (χ4n) is 1.78. The summed E-state index contributed by atoms with van der Waals surface area (Å²) in [5.41, 5.74) is 6.92. The van der Waals surface area contributed by atoms with E-state index in [0.29, 0.717) is 11.1 Å². The van der Waals surface area contributed by atoms with Crippen molar-refractivity contribution >= 4 is 17.3 Å². The molecule has 0 saturated carbocycles. The van der Waals surface area contributed by atoms with Gasteiger partial charge in [0.1, 0.15) is 11.6 Å². The van der Waals surface area contributed by atoms with Gasteiger partial charge in [0, 0.05) is 11.1 Å². The molecule has 0 saturated heterocycles. The topological polar surface area (TPSA) is 85.2 Å². The van der Waals surface area contributed by atoms with Crippen molar-refractivity contribution in [3.05, 3.63) is 47.2 Å². The third-order valence-electron chi connectivity index (χ3n) is 2.88. The fourth-order valence-corrected chi connectivity index (χ4v) is 1.96. The smallest absolute Gasteiger partial charge is 0.258 e. The fraction of sp³-hybridized carbons (Fsp3) is 0. The molecule has 0 unspecified atom stereocenters. The number of phenols is 1. The summed E-state index contributed by atoms with van der Waals surface area (Å²) in [7, 11) is 0. The van der Waals surface area contributed by atoms with Gasteiger partial charge in [0.2, 0.25) is 5.82 Å². The van der Waals surface area contributed by atoms with E-state index >= 15 is 0 Å². The van der Waals surface area contributed by atoms with E-state index in [2.05, 4.69) is 10.1 Å². The van der Waals surface area contributed by atoms with Gasteiger partial charge >= 0.3 is 0 Å². The van der Waals surface area contributed by atoms with E-state index in [0.717, 1.165) is 0 Å². The zero-order chi connectivity index (χ0) is 15.0. The third kappa shape index (κ3) is 2.53. The first kappa shape index (κ1) is 13.4. The average molecular weight is 306 g/mol. The lowest BCUT2D eigenvalue weighted by Crippen LogP contribution is -1.87. The number of rotatable bonds is 2. The molecule has 0 amide bonds. The first-order chi connectivity index (χ1) is 10.0. The normalized spacial score (nSPS) is 10.8. The van der Waals surface area contributed by atoms with Crippen LogP contribution in [0.2, 0.25) is 5.02 Å². The van der Waals surface area contributed by atoms with Crippen molar-refractivity contribution in [3.63, 3.8) is 0 Å². The van der Waals surface area contributed by atoms with Crippen LogP contribution in [0, 0.1) is 5.82 Å². The molecular weight excluding hydrogens is 297 g/mol. The second kappa shape index (κ2) is 5.06. The number of phenolic OH excluding ortho intramolecular Hbond substituents is 1. The van der Waals surface area contributed by atoms with Gasteiger partial charge in [-0.25, -0.2) is 4.39 Å². The molecule has 0 atom stereocenters. The van der Waals surface area contributed by atoms with E-state index in [1.165, 1.54) is 30.3 Å². The van der Waals surface area contributed by atoms with Crippen molar-refractivity contribution < 1.29 is 14.0 Å². The number of aromatic nitrogens is 2. The Hall–Kier alpha value is -2.60. The minimum atomic E-state index is -0.518. The van der Waals surface area contributed by atoms with Gasteiger partial charge in [0.25, 0.3) is 5.89 Å². The highest BCUT2D eigenvalue weighted by atomic mass is 35.5. The maximum atomic E-state index is 13.1. The maximum absolute atomic E-state index is 13.1. The Balaban J connectivity index is 1.99. The van der Waals surface area contributed by atoms with Crippen LogP contribution in [-0.4, -0.2) is 15.2 Å². The van der Waals surface area contributed by atoms with Gasteiger partial charge in [-0.15, -0.1) is 0 Å². The Labute approximate surface area is 123 Å². The summed E-state index contributed by atoms with van der Waals surface area (Å²) in [5, 5.41) is 13.2. The lowest BCUT2D eigenvalue weighted by atomic mass is 10.2. The molecule has 0 aliphatic carbocycles. The van der Waals surface area contributed by atoms with Crippen molar-refractivity contribution in [2.24, 2.45) is 0 Å². The Morgan fingerprint density at radius 2 is 1.90 bits per heavy atom. The van der Waals surface area contributed by atoms with Crippen molar-refractivity contribution in [3.8, 4) is 28.6 Å². The number of nitrogens with zero attached hydrogens (tertiary/aromatic N) is 2. The standard InChI is InChI=1S/C14H9ClFN3O2/c15-9-5-7(1-3-10(9)16)13-18-14(21-19-13)8-2-4-12(20)11(17)6-8/h1-6,20H,17H2. The molecule has 0 radical (unpaired) electrons. The van der Waals surface area contributed by atoms with Gasteiger partial charge in [-0.3, -0.25) is 0 Å². The highest BCUT2D eigenvalue weighted by molar-refractivity contribution is 6.31. The Kier molecular flexibility index (Phi) is 3.23. The van der Waals surface area contributed by atoms with E-state index in [9.17, 15) is 9.50 Å². The maximum Gasteiger partial charge on any atom is 0.258 e. The molecule has 0 spiro atoms. The Morgan fingerprint density at radius 1 is 1.14 bits per heavy atom. The highest BCUT2D eigenvalue weighted by Gasteiger charge is 2.13. The number of hydrogen-bond donors (Lipinski definition) is 2. The zero-order valence-electron chi connectivity index (χ0n) is 10.5. The molecule has 0 fully saturated rings. The summed E-state index contributed by atoms with van der Waals surface area (Å²) >= 11 is 5.72. The summed E-state index contributed by atoms with van der Waals surface area (Å²) in [6.45, 7) is 0. The van der Waals surface area contributed by atoms with Gasteiger partial charge in [-0.1, -0.05) is 16.8 Å². The van der Waals surface area contributed by atoms with Crippen LogP contribution in [0.5, 0.6) is 5.75 Å². The van der Waals surface area contributed by atoms with Crippen LogP contribution in [0.3, 0.4) is 0 Å². The summed E-state index contributed by atoms with van der Waals surface area (Å²) in [6, 6.07) is 8.69. The predicted molar refractivity (Wildman–Crippen MR) is 76.2 cm³/mol. The largest absolute Gasteiger partial charge is 0.506 e. The lowest BCUT2D eigenvalue weighted by molar-refractivity contribution is 0.432. The van der Waals surface area contributed by atoms with Crippen LogP contribution >= 0.6 is 11.6 Å². The average Bonchev–Trinajstić information content (AvgIpc) is 2.94. The minimum absolute atomic E-state index is 0.0206. The minimum Gasteiger partial charge on any atom is -0.506 e. The van der Waals surface area contributed by atoms with Gasteiger partial charge < -0.3 is 15.4 Å². The molecule has 3 aromatic rings. The first-order valence-electron chi connectivity index (χ1n) is 5.92. The van der Waals surface area contributed by atoms with E-state index in [1.807, 2.05) is 0 Å². The molecule has 1 heterocycles. The molecule has 5 nitrogen and oxygen atoms in total. The van der Waals surface area contributed by atoms with Gasteiger partial charge in [0.05, 0.1) is 10.7 Å². The third-order valence-corrected chi connectivity index (χ3v) is 3.17. The van der Waals surface area contributed by atoms with Crippen molar-refractivity contribution in [1.82, 2.24) is 10.1 Å². The number of benzene rings is 2. The number of nitrogens with two attached hydrogens (primary N) is 1. The van der Waals surface area contributed by atoms with Gasteiger partial charge in [-0.2, -0.15) is 4.98 Å². The van der Waals surface area contributed by atoms with E-state index in [1.54, 1.807) is 6.07 Å². The zero-order valence-corrected chi connectivity index (χ0v) is 11.3. The number of aromatic hydroxyl groups is 1. The number of anilines is 1. The van der Waals surface area contributed by atoms with Crippen LogP contribution in [0.15, 0.2) is 40.9 Å². The van der Waals surface area contributed by atoms with Crippen LogP contribution in [-0.2, 0) is 0 Å². The molecule has 3 rings (SSSR count). The first-order valence-corrected chi connectivity index (χ1v) is 6.30. The molecule has 2 aromatic carbocycles. The van der Waals surface area contributed by atoms with E-state index in [-0.39, 0.29) is 28.2 Å². The van der Waals surface area contributed by atoms with Crippen molar-refractivity contribution in [2.75, 3.05) is 5.73 Å². The van der Waals surface area contributed by atoms with Crippen LogP contribution < -0.4 is 5.73 Å². The van der Waals surface area contributed by atoms with E-state index < -0.39 is 5.82 Å². The molecule has 21 heavy (non-hydrogen) atoms. The lowest BCUT2D eigenvalue weighted by Gasteiger charge is -1.99. The summed E-state index contributed by atoms with van der Waals surface area (Å²) < 4.78 is 18.3. The summed E-state index contributed by atoms with van der Waals surface area (Å²) in [6.07, 6.45) is 0. The quantitative estimate of drug-likeness (QED) is 0.559. The molecular formula is C14H9ClFN3O2. The van der Waals surface area contributed by atoms with Crippen LogP contribution in [0.4, 0.5) is 10.1 Å². The highest BCUT2D eigenvalue weighted by Crippen LogP contribution is 2.29. The van der Waals surface area contributed by atoms with Gasteiger partial charge in [-0.05, 0) is 36.4 Å². The monoisotopic (exact) mass is 305 g/mol. The SMILES string of the molecule is Nc1cc(-c2nc(-c3ccc(F)c(Cl)c3)no2)ccc1O. The molecule has 7 heteroatoms. The Bertz CT molecular complexity index is 754. The summed E-state index contributed by atoms with van der Waals surface area (Å²) in [5.74, 6) is -0.0325. The van der Waals surface area contributed by atoms with E-state index in [4.69, 9.17) is 21.9 Å². The number of hydrogen-bond acceptors (Lipinski definition) is 5. The molecule has 106 valence electrons. The Morgan fingerprint density at radius 3 is 2.62 bits per heavy atom. The molecule has 0 bridgehead atoms. The number of halogens is 2. The molecule has 1 aromatic heterocycles. The second-order valence-electron chi connectivity index (χ2n) is 4.33. The molecule has 0 aliphatic heterocycles. The molecule has 3 N–H and O–H groups in total. The van der Waals surface area contributed by atoms with Crippen molar-refractivity contribution in [1.29, 1.82) is 0 Å². The van der Waals surface area contributed by atoms with Gasteiger partial charge in [0.15, 0.2) is 0 Å². The van der Waals surface area contributed by atoms with Crippen LogP contribution in [0.25, 0.3) is 22.8 Å². The number of nitrogen functional groups attached to an aromatic ring is 1. The predicted octanol–water partition coefficient (Wildman–Crippen LogP) is 3.48. The van der Waals surface area contributed by atoms with Crippen LogP contribution in [0.1, 0.15) is 0 Å². The second-order valence-corrected chi connectivity index (χ2v) is 4.73. The van der Waals surface area contributed by atoms with Crippen molar-refractivity contribution in [2.45, 2.75) is 0 Å².